The molecule has 4 nitrogen and oxygen atoms in total. The molecule has 1 aliphatic heterocycles. The summed E-state index contributed by atoms with van der Waals surface area (Å²) in [5, 5.41) is 0. The highest BCUT2D eigenvalue weighted by Crippen LogP contribution is 2.68. The minimum atomic E-state index is -0.424. The van der Waals surface area contributed by atoms with Crippen molar-refractivity contribution >= 4 is 6.09 Å². The molecule has 3 fully saturated rings. The maximum atomic E-state index is 12.7. The van der Waals surface area contributed by atoms with Gasteiger partial charge in [0.15, 0.2) is 0 Å². The molecule has 2 saturated carbocycles. The molecule has 22 heavy (non-hydrogen) atoms. The lowest BCUT2D eigenvalue weighted by atomic mass is 9.68. The molecule has 3 rings (SSSR count). The first kappa shape index (κ1) is 16.1. The van der Waals surface area contributed by atoms with E-state index in [-0.39, 0.29) is 16.9 Å². The molecule has 0 unspecified atom stereocenters. The number of rotatable bonds is 0. The molecule has 2 aliphatic carbocycles. The number of hydrogen-bond donors (Lipinski definition) is 0. The summed E-state index contributed by atoms with van der Waals surface area (Å²) in [4.78, 5) is 17.3. The Hall–Kier alpha value is -0.770. The van der Waals surface area contributed by atoms with Crippen molar-refractivity contribution in [1.82, 2.24) is 9.80 Å². The zero-order valence-corrected chi connectivity index (χ0v) is 15.3. The Kier molecular flexibility index (Phi) is 3.38. The van der Waals surface area contributed by atoms with Crippen LogP contribution in [0, 0.1) is 16.7 Å². The number of fused-ring (bicyclic) bond motifs is 5. The molecular weight excluding hydrogens is 276 g/mol. The van der Waals surface area contributed by atoms with Gasteiger partial charge < -0.3 is 9.64 Å². The predicted molar refractivity (Wildman–Crippen MR) is 87.8 cm³/mol. The van der Waals surface area contributed by atoms with Gasteiger partial charge in [0.25, 0.3) is 0 Å². The minimum Gasteiger partial charge on any atom is -0.444 e. The normalized spacial score (nSPS) is 40.7. The predicted octanol–water partition coefficient (Wildman–Crippen LogP) is 3.36. The zero-order valence-electron chi connectivity index (χ0n) is 15.3. The zero-order chi connectivity index (χ0) is 16.5. The quantitative estimate of drug-likeness (QED) is 0.688. The molecule has 1 saturated heterocycles. The second-order valence-corrected chi connectivity index (χ2v) is 9.37. The molecule has 0 N–H and O–H groups in total. The number of carbonyl (C=O) groups is 1. The summed E-state index contributed by atoms with van der Waals surface area (Å²) in [6, 6.07) is 0.768. The van der Waals surface area contributed by atoms with E-state index in [1.54, 1.807) is 0 Å². The van der Waals surface area contributed by atoms with E-state index in [0.29, 0.717) is 18.0 Å². The monoisotopic (exact) mass is 308 g/mol. The van der Waals surface area contributed by atoms with Crippen LogP contribution in [0.4, 0.5) is 4.79 Å². The highest BCUT2D eigenvalue weighted by Gasteiger charge is 2.69. The lowest BCUT2D eigenvalue weighted by Gasteiger charge is -2.51. The van der Waals surface area contributed by atoms with Gasteiger partial charge >= 0.3 is 6.09 Å². The Balaban J connectivity index is 1.92. The van der Waals surface area contributed by atoms with Crippen molar-refractivity contribution in [3.63, 3.8) is 0 Å². The van der Waals surface area contributed by atoms with Crippen molar-refractivity contribution in [2.45, 2.75) is 72.1 Å². The third kappa shape index (κ3) is 2.02. The Bertz CT molecular complexity index is 482. The average molecular weight is 308 g/mol. The SMILES string of the molecule is CN1CCN(C(=O)OC(C)(C)C)[C@@H]2[C@H]3CC[C@@](C)([C@@H]21)C3(C)C. The lowest BCUT2D eigenvalue weighted by Crippen LogP contribution is -2.64. The Morgan fingerprint density at radius 1 is 1.18 bits per heavy atom. The second kappa shape index (κ2) is 4.62. The van der Waals surface area contributed by atoms with Crippen LogP contribution in [-0.2, 0) is 4.74 Å². The molecule has 1 amide bonds. The van der Waals surface area contributed by atoms with Crippen LogP contribution in [-0.4, -0.2) is 53.7 Å². The molecule has 0 spiro atoms. The third-order valence-corrected chi connectivity index (χ3v) is 6.92. The van der Waals surface area contributed by atoms with Crippen LogP contribution in [0.3, 0.4) is 0 Å². The van der Waals surface area contributed by atoms with Crippen LogP contribution in [0.25, 0.3) is 0 Å². The van der Waals surface area contributed by atoms with E-state index in [1.165, 1.54) is 12.8 Å². The molecule has 1 heterocycles. The molecule has 0 aromatic rings. The van der Waals surface area contributed by atoms with E-state index in [2.05, 4.69) is 32.7 Å². The molecule has 4 atom stereocenters. The standard InChI is InChI=1S/C18H32N2O2/c1-16(2,3)22-15(21)20-11-10-19(7)14-13(20)12-8-9-18(14,6)17(12,4)5/h12-14H,8-11H2,1-7H3/t12-,13-,14-,18+/m1/s1. The highest BCUT2D eigenvalue weighted by atomic mass is 16.6. The summed E-state index contributed by atoms with van der Waals surface area (Å²) in [6.07, 6.45) is 2.39. The first-order chi connectivity index (χ1) is 9.99. The fraction of sp³-hybridized carbons (Fsp3) is 0.944. The molecular formula is C18H32N2O2. The Morgan fingerprint density at radius 3 is 2.41 bits per heavy atom. The maximum absolute atomic E-state index is 12.7. The number of ether oxygens (including phenoxy) is 1. The van der Waals surface area contributed by atoms with Crippen LogP contribution in [0.1, 0.15) is 54.4 Å². The summed E-state index contributed by atoms with van der Waals surface area (Å²) in [5.41, 5.74) is 0.145. The van der Waals surface area contributed by atoms with Crippen molar-refractivity contribution in [1.29, 1.82) is 0 Å². The van der Waals surface area contributed by atoms with Gasteiger partial charge in [-0.15, -0.1) is 0 Å². The van der Waals surface area contributed by atoms with Crippen LogP contribution in [0.15, 0.2) is 0 Å². The first-order valence-corrected chi connectivity index (χ1v) is 8.69. The molecule has 2 bridgehead atoms. The summed E-state index contributed by atoms with van der Waals surface area (Å²) in [7, 11) is 2.23. The fourth-order valence-corrected chi connectivity index (χ4v) is 5.51. The molecule has 0 radical (unpaired) electrons. The fourth-order valence-electron chi connectivity index (χ4n) is 5.51. The third-order valence-electron chi connectivity index (χ3n) is 6.92. The van der Waals surface area contributed by atoms with Gasteiger partial charge in [0, 0.05) is 19.1 Å². The van der Waals surface area contributed by atoms with E-state index < -0.39 is 5.60 Å². The van der Waals surface area contributed by atoms with Crippen LogP contribution in [0.2, 0.25) is 0 Å². The Morgan fingerprint density at radius 2 is 1.82 bits per heavy atom. The van der Waals surface area contributed by atoms with Gasteiger partial charge in [-0.2, -0.15) is 0 Å². The van der Waals surface area contributed by atoms with Gasteiger partial charge in [-0.1, -0.05) is 20.8 Å². The molecule has 0 aromatic heterocycles. The number of likely N-dealkylation sites (N-methyl/N-ethyl adjacent to an activating group) is 1. The largest absolute Gasteiger partial charge is 0.444 e. The van der Waals surface area contributed by atoms with Gasteiger partial charge in [-0.05, 0) is 57.4 Å². The lowest BCUT2D eigenvalue weighted by molar-refractivity contribution is -0.0413. The van der Waals surface area contributed by atoms with Crippen molar-refractivity contribution in [3.05, 3.63) is 0 Å². The smallest absolute Gasteiger partial charge is 0.410 e. The van der Waals surface area contributed by atoms with Crippen LogP contribution in [0.5, 0.6) is 0 Å². The summed E-state index contributed by atoms with van der Waals surface area (Å²) >= 11 is 0. The first-order valence-electron chi connectivity index (χ1n) is 8.69. The van der Waals surface area contributed by atoms with Gasteiger partial charge in [0.05, 0.1) is 6.04 Å². The topological polar surface area (TPSA) is 32.8 Å². The van der Waals surface area contributed by atoms with Crippen molar-refractivity contribution in [2.75, 3.05) is 20.1 Å². The number of carbonyl (C=O) groups excluding carboxylic acids is 1. The van der Waals surface area contributed by atoms with Crippen LogP contribution < -0.4 is 0 Å². The second-order valence-electron chi connectivity index (χ2n) is 9.37. The van der Waals surface area contributed by atoms with Crippen molar-refractivity contribution in [2.24, 2.45) is 16.7 Å². The van der Waals surface area contributed by atoms with E-state index >= 15 is 0 Å². The molecule has 126 valence electrons. The number of piperazine rings is 1. The van der Waals surface area contributed by atoms with Gasteiger partial charge in [-0.3, -0.25) is 4.90 Å². The maximum Gasteiger partial charge on any atom is 0.410 e. The number of nitrogens with zero attached hydrogens (tertiary/aromatic N) is 2. The number of amides is 1. The van der Waals surface area contributed by atoms with E-state index in [1.807, 2.05) is 25.7 Å². The van der Waals surface area contributed by atoms with Crippen molar-refractivity contribution in [3.8, 4) is 0 Å². The van der Waals surface area contributed by atoms with Crippen molar-refractivity contribution < 1.29 is 9.53 Å². The number of hydrogen-bond acceptors (Lipinski definition) is 3. The molecule has 0 aromatic carbocycles. The summed E-state index contributed by atoms with van der Waals surface area (Å²) in [6.45, 7) is 14.8. The minimum absolute atomic E-state index is 0.123. The van der Waals surface area contributed by atoms with E-state index in [0.717, 1.165) is 13.1 Å². The van der Waals surface area contributed by atoms with E-state index in [9.17, 15) is 4.79 Å². The highest BCUT2D eigenvalue weighted by molar-refractivity contribution is 5.69. The summed E-state index contributed by atoms with van der Waals surface area (Å²) < 4.78 is 5.70. The van der Waals surface area contributed by atoms with Gasteiger partial charge in [0.1, 0.15) is 5.60 Å². The Labute approximate surface area is 135 Å². The summed E-state index contributed by atoms with van der Waals surface area (Å²) in [5.74, 6) is 0.581. The molecule has 3 aliphatic rings. The molecule has 4 heteroatoms. The van der Waals surface area contributed by atoms with Gasteiger partial charge in [0.2, 0.25) is 0 Å². The van der Waals surface area contributed by atoms with Gasteiger partial charge in [-0.25, -0.2) is 4.79 Å². The average Bonchev–Trinajstić information content (AvgIpc) is 2.68. The van der Waals surface area contributed by atoms with E-state index in [4.69, 9.17) is 4.74 Å². The van der Waals surface area contributed by atoms with Crippen LogP contribution >= 0.6 is 0 Å².